The molecule has 1 fully saturated rings. The molecule has 7 heteroatoms. The van der Waals surface area contributed by atoms with E-state index >= 15 is 0 Å². The quantitative estimate of drug-likeness (QED) is 0.623. The monoisotopic (exact) mass is 395 g/mol. The number of thioether (sulfide) groups is 1. The van der Waals surface area contributed by atoms with Crippen molar-refractivity contribution >= 4 is 51.9 Å². The van der Waals surface area contributed by atoms with Crippen molar-refractivity contribution in [3.63, 3.8) is 0 Å². The van der Waals surface area contributed by atoms with Crippen LogP contribution in [0.2, 0.25) is 0 Å². The second kappa shape index (κ2) is 7.02. The van der Waals surface area contributed by atoms with Crippen LogP contribution in [0.3, 0.4) is 0 Å². The number of hydrogen-bond donors (Lipinski definition) is 1. The van der Waals surface area contributed by atoms with Crippen molar-refractivity contribution < 1.29 is 19.4 Å². The lowest BCUT2D eigenvalue weighted by molar-refractivity contribution is -0.113. The van der Waals surface area contributed by atoms with Crippen LogP contribution in [0, 0.1) is 0 Å². The van der Waals surface area contributed by atoms with Crippen molar-refractivity contribution in [2.45, 2.75) is 0 Å². The number of carboxylic acids is 1. The van der Waals surface area contributed by atoms with E-state index in [4.69, 9.17) is 22.1 Å². The molecule has 27 heavy (non-hydrogen) atoms. The van der Waals surface area contributed by atoms with Crippen LogP contribution in [0.15, 0.2) is 65.1 Å². The van der Waals surface area contributed by atoms with Gasteiger partial charge < -0.3 is 9.84 Å². The summed E-state index contributed by atoms with van der Waals surface area (Å²) in [4.78, 5) is 25.7. The summed E-state index contributed by atoms with van der Waals surface area (Å²) in [5.74, 6) is -0.426. The van der Waals surface area contributed by atoms with E-state index < -0.39 is 5.97 Å². The largest absolute Gasteiger partial charge is 0.488 e. The molecule has 0 radical (unpaired) electrons. The number of carbonyl (C=O) groups is 2. The minimum Gasteiger partial charge on any atom is -0.488 e. The Balaban J connectivity index is 1.61. The number of anilines is 1. The molecule has 134 valence electrons. The van der Waals surface area contributed by atoms with Gasteiger partial charge in [-0.25, -0.2) is 4.79 Å². The van der Waals surface area contributed by atoms with Gasteiger partial charge in [0.2, 0.25) is 0 Å². The number of nitrogens with zero attached hydrogens (tertiary/aromatic N) is 1. The number of carboxylic acid groups (broad SMARTS) is 1. The number of ether oxygens (including phenoxy) is 1. The number of carbonyl (C=O) groups excluding carboxylic acids is 1. The lowest BCUT2D eigenvalue weighted by Crippen LogP contribution is -2.27. The van der Waals surface area contributed by atoms with Crippen LogP contribution in [0.1, 0.15) is 15.9 Å². The molecule has 0 aliphatic carbocycles. The predicted octanol–water partition coefficient (Wildman–Crippen LogP) is 4.11. The topological polar surface area (TPSA) is 66.8 Å². The maximum Gasteiger partial charge on any atom is 0.335 e. The molecule has 1 N–H and O–H groups in total. The molecule has 0 aromatic heterocycles. The first-order valence-corrected chi connectivity index (χ1v) is 9.29. The SMILES string of the molecule is O=C(O)c1ccc(N2C(=O)/C(=C/C3=Cc4ccccc4OC3)SC2=S)cc1. The number of fused-ring (bicyclic) bond motifs is 1. The molecular formula is C20H13NO4S2. The van der Waals surface area contributed by atoms with E-state index in [2.05, 4.69) is 0 Å². The minimum absolute atomic E-state index is 0.155. The summed E-state index contributed by atoms with van der Waals surface area (Å²) in [7, 11) is 0. The van der Waals surface area contributed by atoms with Crippen LogP contribution >= 0.6 is 24.0 Å². The number of hydrogen-bond acceptors (Lipinski definition) is 5. The standard InChI is InChI=1S/C20H13NO4S2/c22-18-17(10-12-9-14-3-1-2-4-16(14)25-11-12)27-20(26)21(18)15-7-5-13(6-8-15)19(23)24/h1-10H,11H2,(H,23,24)/b17-10-. The normalized spacial score (nSPS) is 17.6. The average Bonchev–Trinajstić information content (AvgIpc) is 2.95. The molecule has 0 unspecified atom stereocenters. The van der Waals surface area contributed by atoms with Gasteiger partial charge in [-0.1, -0.05) is 42.2 Å². The molecule has 1 saturated heterocycles. The Labute approximate surface area is 164 Å². The Kier molecular flexibility index (Phi) is 4.55. The van der Waals surface area contributed by atoms with E-state index in [0.29, 0.717) is 21.5 Å². The minimum atomic E-state index is -1.02. The highest BCUT2D eigenvalue weighted by atomic mass is 32.2. The highest BCUT2D eigenvalue weighted by Crippen LogP contribution is 2.36. The average molecular weight is 395 g/mol. The molecule has 1 amide bonds. The van der Waals surface area contributed by atoms with E-state index in [9.17, 15) is 9.59 Å². The Morgan fingerprint density at radius 1 is 1.19 bits per heavy atom. The van der Waals surface area contributed by atoms with Gasteiger partial charge in [-0.2, -0.15) is 0 Å². The molecule has 0 spiro atoms. The lowest BCUT2D eigenvalue weighted by atomic mass is 10.1. The van der Waals surface area contributed by atoms with Crippen molar-refractivity contribution in [3.05, 3.63) is 76.2 Å². The molecular weight excluding hydrogens is 382 g/mol. The summed E-state index contributed by atoms with van der Waals surface area (Å²) in [6.45, 7) is 0.383. The predicted molar refractivity (Wildman–Crippen MR) is 109 cm³/mol. The lowest BCUT2D eigenvalue weighted by Gasteiger charge is -2.16. The third-order valence-electron chi connectivity index (χ3n) is 4.14. The number of aromatic carboxylic acids is 1. The van der Waals surface area contributed by atoms with E-state index in [0.717, 1.165) is 16.9 Å². The summed E-state index contributed by atoms with van der Waals surface area (Å²) >= 11 is 6.57. The zero-order chi connectivity index (χ0) is 19.0. The Hall–Kier alpha value is -2.90. The van der Waals surface area contributed by atoms with Crippen LogP contribution in [0.5, 0.6) is 5.75 Å². The number of thiocarbonyl (C=S) groups is 1. The summed E-state index contributed by atoms with van der Waals surface area (Å²) < 4.78 is 6.13. The summed E-state index contributed by atoms with van der Waals surface area (Å²) in [6.07, 6.45) is 3.79. The molecule has 2 aliphatic rings. The second-order valence-electron chi connectivity index (χ2n) is 5.91. The van der Waals surface area contributed by atoms with Crippen LogP contribution in [0.25, 0.3) is 6.08 Å². The van der Waals surface area contributed by atoms with E-state index in [1.54, 1.807) is 18.2 Å². The summed E-state index contributed by atoms with van der Waals surface area (Å²) in [6, 6.07) is 13.8. The maximum absolute atomic E-state index is 12.8. The van der Waals surface area contributed by atoms with Crippen molar-refractivity contribution in [1.82, 2.24) is 0 Å². The third-order valence-corrected chi connectivity index (χ3v) is 5.44. The molecule has 4 rings (SSSR count). The van der Waals surface area contributed by atoms with Crippen molar-refractivity contribution in [1.29, 1.82) is 0 Å². The molecule has 0 atom stereocenters. The van der Waals surface area contributed by atoms with Crippen LogP contribution < -0.4 is 9.64 Å². The molecule has 0 bridgehead atoms. The van der Waals surface area contributed by atoms with Gasteiger partial charge in [0, 0.05) is 5.56 Å². The Bertz CT molecular complexity index is 1020. The second-order valence-corrected chi connectivity index (χ2v) is 7.59. The summed E-state index contributed by atoms with van der Waals surface area (Å²) in [5.41, 5.74) is 2.55. The summed E-state index contributed by atoms with van der Waals surface area (Å²) in [5, 5.41) is 9.00. The Morgan fingerprint density at radius 3 is 2.67 bits per heavy atom. The van der Waals surface area contributed by atoms with Gasteiger partial charge in [-0.15, -0.1) is 0 Å². The first-order chi connectivity index (χ1) is 13.0. The fourth-order valence-corrected chi connectivity index (χ4v) is 4.14. The Morgan fingerprint density at radius 2 is 1.93 bits per heavy atom. The van der Waals surface area contributed by atoms with E-state index in [-0.39, 0.29) is 11.5 Å². The van der Waals surface area contributed by atoms with Gasteiger partial charge >= 0.3 is 5.97 Å². The fourth-order valence-electron chi connectivity index (χ4n) is 2.83. The fraction of sp³-hybridized carbons (Fsp3) is 0.0500. The zero-order valence-electron chi connectivity index (χ0n) is 13.9. The smallest absolute Gasteiger partial charge is 0.335 e. The van der Waals surface area contributed by atoms with Crippen LogP contribution in [-0.4, -0.2) is 27.9 Å². The van der Waals surface area contributed by atoms with Crippen molar-refractivity contribution in [2.75, 3.05) is 11.5 Å². The van der Waals surface area contributed by atoms with Gasteiger partial charge in [-0.3, -0.25) is 9.69 Å². The van der Waals surface area contributed by atoms with Gasteiger partial charge in [0.05, 0.1) is 16.2 Å². The number of rotatable bonds is 3. The molecule has 2 aliphatic heterocycles. The zero-order valence-corrected chi connectivity index (χ0v) is 15.5. The van der Waals surface area contributed by atoms with Gasteiger partial charge in [0.15, 0.2) is 4.32 Å². The van der Waals surface area contributed by atoms with E-state index in [1.165, 1.54) is 28.8 Å². The van der Waals surface area contributed by atoms with Crippen molar-refractivity contribution in [3.8, 4) is 5.75 Å². The first-order valence-electron chi connectivity index (χ1n) is 8.06. The van der Waals surface area contributed by atoms with E-state index in [1.807, 2.05) is 30.3 Å². The van der Waals surface area contributed by atoms with Gasteiger partial charge in [-0.05, 0) is 48.1 Å². The molecule has 0 saturated carbocycles. The number of amides is 1. The van der Waals surface area contributed by atoms with Gasteiger partial charge in [0.1, 0.15) is 12.4 Å². The van der Waals surface area contributed by atoms with Gasteiger partial charge in [0.25, 0.3) is 5.91 Å². The van der Waals surface area contributed by atoms with Crippen molar-refractivity contribution in [2.24, 2.45) is 0 Å². The number of para-hydroxylation sites is 1. The highest BCUT2D eigenvalue weighted by molar-refractivity contribution is 8.27. The molecule has 2 aromatic carbocycles. The first kappa shape index (κ1) is 17.5. The molecule has 2 heterocycles. The van der Waals surface area contributed by atoms with Crippen LogP contribution in [0.4, 0.5) is 5.69 Å². The molecule has 2 aromatic rings. The number of benzene rings is 2. The maximum atomic E-state index is 12.8. The third kappa shape index (κ3) is 3.39. The molecule has 5 nitrogen and oxygen atoms in total. The van der Waals surface area contributed by atoms with Crippen LogP contribution in [-0.2, 0) is 4.79 Å². The highest BCUT2D eigenvalue weighted by Gasteiger charge is 2.33.